The van der Waals surface area contributed by atoms with Gasteiger partial charge >= 0.3 is 0 Å². The van der Waals surface area contributed by atoms with Crippen LogP contribution in [0, 0.1) is 6.92 Å². The van der Waals surface area contributed by atoms with E-state index < -0.39 is 0 Å². The predicted molar refractivity (Wildman–Crippen MR) is 122 cm³/mol. The fraction of sp³-hybridized carbons (Fsp3) is 0.0833. The highest BCUT2D eigenvalue weighted by Gasteiger charge is 2.19. The molecule has 0 aliphatic heterocycles. The van der Waals surface area contributed by atoms with Crippen molar-refractivity contribution >= 4 is 17.4 Å². The number of imidazole rings is 1. The van der Waals surface area contributed by atoms with Crippen LogP contribution in [0.4, 0.5) is 5.69 Å². The number of hydrogen-bond acceptors (Lipinski definition) is 6. The first-order chi connectivity index (χ1) is 15.6. The number of fused-ring (bicyclic) bond motifs is 1. The minimum atomic E-state index is -0.106. The second kappa shape index (κ2) is 7.99. The van der Waals surface area contributed by atoms with Crippen molar-refractivity contribution in [2.75, 3.05) is 5.32 Å². The Bertz CT molecular complexity index is 1430. The summed E-state index contributed by atoms with van der Waals surface area (Å²) in [5.74, 6) is 0.356. The van der Waals surface area contributed by atoms with E-state index in [4.69, 9.17) is 0 Å². The molecule has 8 heteroatoms. The molecule has 0 unspecified atom stereocenters. The molecule has 1 aromatic carbocycles. The highest BCUT2D eigenvalue weighted by molar-refractivity contribution is 5.90. The SMILES string of the molecule is CC(=O)Nc1ccc(-c2cn3c(-c4ccccn4)c(-c4ccccn4)nnc3n2)cc1C. The van der Waals surface area contributed by atoms with Gasteiger partial charge in [-0.2, -0.15) is 0 Å². The molecule has 0 aliphatic rings. The van der Waals surface area contributed by atoms with E-state index in [0.717, 1.165) is 33.9 Å². The zero-order chi connectivity index (χ0) is 22.1. The minimum absolute atomic E-state index is 0.106. The lowest BCUT2D eigenvalue weighted by Gasteiger charge is -2.09. The van der Waals surface area contributed by atoms with Gasteiger partial charge in [0.05, 0.1) is 17.1 Å². The van der Waals surface area contributed by atoms with Crippen LogP contribution in [0.25, 0.3) is 39.8 Å². The molecule has 0 aliphatic carbocycles. The lowest BCUT2D eigenvalue weighted by molar-refractivity contribution is -0.114. The van der Waals surface area contributed by atoms with E-state index in [-0.39, 0.29) is 5.91 Å². The molecule has 0 fully saturated rings. The molecular formula is C24H19N7O. The van der Waals surface area contributed by atoms with E-state index in [1.807, 2.05) is 72.1 Å². The summed E-state index contributed by atoms with van der Waals surface area (Å²) in [5.41, 5.74) is 6.21. The molecule has 1 N–H and O–H groups in total. The second-order valence-corrected chi connectivity index (χ2v) is 7.33. The summed E-state index contributed by atoms with van der Waals surface area (Å²) >= 11 is 0. The third kappa shape index (κ3) is 3.58. The molecule has 32 heavy (non-hydrogen) atoms. The standard InChI is InChI=1S/C24H19N7O/c1-15-13-17(9-10-18(15)27-16(2)32)21-14-31-23(20-8-4-6-12-26-20)22(29-30-24(31)28-21)19-7-3-5-11-25-19/h3-14H,1-2H3,(H,27,32). The summed E-state index contributed by atoms with van der Waals surface area (Å²) < 4.78 is 1.89. The van der Waals surface area contributed by atoms with Crippen LogP contribution >= 0.6 is 0 Å². The lowest BCUT2D eigenvalue weighted by atomic mass is 10.1. The molecule has 156 valence electrons. The molecular weight excluding hydrogens is 402 g/mol. The fourth-order valence-electron chi connectivity index (χ4n) is 3.58. The molecule has 5 rings (SSSR count). The quantitative estimate of drug-likeness (QED) is 0.467. The Morgan fingerprint density at radius 1 is 0.906 bits per heavy atom. The minimum Gasteiger partial charge on any atom is -0.326 e. The topological polar surface area (TPSA) is 98.0 Å². The van der Waals surface area contributed by atoms with E-state index in [1.54, 1.807) is 12.4 Å². The molecule has 4 heterocycles. The number of nitrogens with one attached hydrogen (secondary N) is 1. The second-order valence-electron chi connectivity index (χ2n) is 7.33. The smallest absolute Gasteiger partial charge is 0.254 e. The fourth-order valence-corrected chi connectivity index (χ4v) is 3.58. The van der Waals surface area contributed by atoms with E-state index in [0.29, 0.717) is 17.2 Å². The van der Waals surface area contributed by atoms with Crippen molar-refractivity contribution in [1.82, 2.24) is 29.5 Å². The molecule has 4 aromatic heterocycles. The average Bonchev–Trinajstić information content (AvgIpc) is 3.25. The maximum Gasteiger partial charge on any atom is 0.254 e. The number of aromatic nitrogens is 6. The largest absolute Gasteiger partial charge is 0.326 e. The van der Waals surface area contributed by atoms with Gasteiger partial charge in [0.15, 0.2) is 0 Å². The third-order valence-electron chi connectivity index (χ3n) is 5.04. The highest BCUT2D eigenvalue weighted by Crippen LogP contribution is 2.30. The summed E-state index contributed by atoms with van der Waals surface area (Å²) in [5, 5.41) is 11.6. The number of rotatable bonds is 4. The van der Waals surface area contributed by atoms with Gasteiger partial charge in [0.2, 0.25) is 5.91 Å². The highest BCUT2D eigenvalue weighted by atomic mass is 16.1. The molecule has 0 atom stereocenters. The van der Waals surface area contributed by atoms with Gasteiger partial charge < -0.3 is 5.32 Å². The van der Waals surface area contributed by atoms with Crippen molar-refractivity contribution in [3.8, 4) is 34.0 Å². The van der Waals surface area contributed by atoms with Crippen molar-refractivity contribution in [2.45, 2.75) is 13.8 Å². The Hall–Kier alpha value is -4.46. The van der Waals surface area contributed by atoms with Crippen LogP contribution in [0.5, 0.6) is 0 Å². The number of nitrogens with zero attached hydrogens (tertiary/aromatic N) is 6. The Kier molecular flexibility index (Phi) is 4.87. The Morgan fingerprint density at radius 2 is 1.66 bits per heavy atom. The van der Waals surface area contributed by atoms with Crippen LogP contribution in [-0.2, 0) is 4.79 Å². The molecule has 0 radical (unpaired) electrons. The third-order valence-corrected chi connectivity index (χ3v) is 5.04. The van der Waals surface area contributed by atoms with Crippen LogP contribution in [0.15, 0.2) is 73.2 Å². The van der Waals surface area contributed by atoms with Gasteiger partial charge in [-0.1, -0.05) is 18.2 Å². The first-order valence-electron chi connectivity index (χ1n) is 10.1. The summed E-state index contributed by atoms with van der Waals surface area (Å²) in [6.45, 7) is 3.44. The van der Waals surface area contributed by atoms with Crippen LogP contribution in [0.2, 0.25) is 0 Å². The normalized spacial score (nSPS) is 10.9. The van der Waals surface area contributed by atoms with Gasteiger partial charge in [-0.05, 0) is 48.9 Å². The van der Waals surface area contributed by atoms with Crippen LogP contribution < -0.4 is 5.32 Å². The number of carbonyl (C=O) groups is 1. The lowest BCUT2D eigenvalue weighted by Crippen LogP contribution is -2.06. The van der Waals surface area contributed by atoms with E-state index >= 15 is 0 Å². The van der Waals surface area contributed by atoms with Crippen molar-refractivity contribution in [3.05, 3.63) is 78.8 Å². The molecule has 1 amide bonds. The summed E-state index contributed by atoms with van der Waals surface area (Å²) in [4.78, 5) is 25.1. The van der Waals surface area contributed by atoms with Gasteiger partial charge in [-0.25, -0.2) is 4.98 Å². The Balaban J connectivity index is 1.69. The summed E-state index contributed by atoms with van der Waals surface area (Å²) in [6, 6.07) is 17.2. The molecule has 8 nitrogen and oxygen atoms in total. The number of amides is 1. The Morgan fingerprint density at radius 3 is 2.31 bits per heavy atom. The first kappa shape index (κ1) is 19.5. The van der Waals surface area contributed by atoms with Gasteiger partial charge in [0.1, 0.15) is 11.4 Å². The number of hydrogen-bond donors (Lipinski definition) is 1. The summed E-state index contributed by atoms with van der Waals surface area (Å²) in [6.07, 6.45) is 5.39. The molecule has 5 aromatic rings. The van der Waals surface area contributed by atoms with Gasteiger partial charge in [-0.3, -0.25) is 19.2 Å². The maximum atomic E-state index is 11.4. The monoisotopic (exact) mass is 421 g/mol. The van der Waals surface area contributed by atoms with Crippen LogP contribution in [-0.4, -0.2) is 35.5 Å². The van der Waals surface area contributed by atoms with Gasteiger partial charge in [0, 0.05) is 36.8 Å². The zero-order valence-electron chi connectivity index (χ0n) is 17.5. The molecule has 0 saturated heterocycles. The number of aryl methyl sites for hydroxylation is 1. The van der Waals surface area contributed by atoms with Crippen LogP contribution in [0.3, 0.4) is 0 Å². The summed E-state index contributed by atoms with van der Waals surface area (Å²) in [7, 11) is 0. The van der Waals surface area contributed by atoms with E-state index in [1.165, 1.54) is 6.92 Å². The molecule has 0 saturated carbocycles. The number of benzene rings is 1. The van der Waals surface area contributed by atoms with Crippen molar-refractivity contribution in [1.29, 1.82) is 0 Å². The van der Waals surface area contributed by atoms with Gasteiger partial charge in [0.25, 0.3) is 5.78 Å². The Labute approximate surface area is 184 Å². The van der Waals surface area contributed by atoms with E-state index in [9.17, 15) is 4.79 Å². The number of anilines is 1. The van der Waals surface area contributed by atoms with Crippen molar-refractivity contribution < 1.29 is 4.79 Å². The van der Waals surface area contributed by atoms with Crippen molar-refractivity contribution in [2.24, 2.45) is 0 Å². The van der Waals surface area contributed by atoms with E-state index in [2.05, 4.69) is 30.5 Å². The molecule has 0 spiro atoms. The van der Waals surface area contributed by atoms with Crippen molar-refractivity contribution in [3.63, 3.8) is 0 Å². The van der Waals surface area contributed by atoms with Gasteiger partial charge in [-0.15, -0.1) is 10.2 Å². The average molecular weight is 421 g/mol. The predicted octanol–water partition coefficient (Wildman–Crippen LogP) is 4.18. The number of carbonyl (C=O) groups excluding carboxylic acids is 1. The molecule has 0 bridgehead atoms. The zero-order valence-corrected chi connectivity index (χ0v) is 17.5. The maximum absolute atomic E-state index is 11.4. The number of pyridine rings is 2. The van der Waals surface area contributed by atoms with Crippen LogP contribution in [0.1, 0.15) is 12.5 Å². The first-order valence-corrected chi connectivity index (χ1v) is 10.1.